The van der Waals surface area contributed by atoms with Crippen molar-refractivity contribution in [2.45, 2.75) is 110 Å². The van der Waals surface area contributed by atoms with Crippen molar-refractivity contribution in [3.8, 4) is 0 Å². The molecule has 0 aliphatic heterocycles. The summed E-state index contributed by atoms with van der Waals surface area (Å²) in [5.74, 6) is -1.61. The van der Waals surface area contributed by atoms with Gasteiger partial charge in [0, 0.05) is 28.3 Å². The number of hydrogen-bond acceptors (Lipinski definition) is 4. The fraction of sp³-hybridized carbons (Fsp3) is 1.00. The molecule has 4 nitrogen and oxygen atoms in total. The summed E-state index contributed by atoms with van der Waals surface area (Å²) in [6, 6.07) is 0. The van der Waals surface area contributed by atoms with E-state index in [1.807, 2.05) is 0 Å². The van der Waals surface area contributed by atoms with Crippen LogP contribution in [0.25, 0.3) is 0 Å². The van der Waals surface area contributed by atoms with Crippen molar-refractivity contribution in [3.63, 3.8) is 0 Å². The van der Waals surface area contributed by atoms with Gasteiger partial charge in [-0.1, -0.05) is 72.6 Å². The number of aliphatic hydroxyl groups is 1. The molecule has 0 radical (unpaired) electrons. The van der Waals surface area contributed by atoms with Crippen LogP contribution in [0.3, 0.4) is 0 Å². The largest absolute Gasteiger partial charge is 0.370 e. The van der Waals surface area contributed by atoms with Crippen LogP contribution in [0, 0.1) is 0 Å². The molecule has 1 N–H and O–H groups in total. The van der Waals surface area contributed by atoms with Crippen molar-refractivity contribution in [1.29, 1.82) is 0 Å². The van der Waals surface area contributed by atoms with Crippen LogP contribution in [0.15, 0.2) is 0 Å². The Bertz CT molecular complexity index is 252. The van der Waals surface area contributed by atoms with Crippen LogP contribution in [-0.2, 0) is 35.9 Å². The average Bonchev–Trinajstić information content (AvgIpc) is 2.58. The molecule has 150 valence electrons. The molecule has 0 saturated heterocycles. The van der Waals surface area contributed by atoms with Gasteiger partial charge in [0.05, 0.1) is 13.2 Å². The van der Waals surface area contributed by atoms with E-state index in [1.165, 1.54) is 0 Å². The van der Waals surface area contributed by atoms with Gasteiger partial charge < -0.3 is 19.3 Å². The zero-order valence-electron chi connectivity index (χ0n) is 17.1. The summed E-state index contributed by atoms with van der Waals surface area (Å²) in [5.41, 5.74) is 0. The van der Waals surface area contributed by atoms with E-state index in [-0.39, 0.29) is 21.7 Å². The topological polar surface area (TPSA) is 47.9 Å². The van der Waals surface area contributed by atoms with Crippen molar-refractivity contribution in [3.05, 3.63) is 0 Å². The van der Waals surface area contributed by atoms with Gasteiger partial charge in [-0.05, 0) is 25.7 Å². The Kier molecular flexibility index (Phi) is 21.5. The summed E-state index contributed by atoms with van der Waals surface area (Å²) in [6.07, 6.45) is 10.9. The molecular formula is C20H42O4Ti. The molecule has 0 rings (SSSR count). The van der Waals surface area contributed by atoms with E-state index in [0.717, 1.165) is 70.6 Å². The second-order valence-electron chi connectivity index (χ2n) is 6.60. The van der Waals surface area contributed by atoms with Crippen LogP contribution in [0.2, 0.25) is 0 Å². The molecule has 0 aromatic heterocycles. The van der Waals surface area contributed by atoms with Crippen LogP contribution in [-0.4, -0.2) is 37.0 Å². The van der Waals surface area contributed by atoms with Gasteiger partial charge in [0.15, 0.2) is 0 Å². The molecule has 0 heterocycles. The van der Waals surface area contributed by atoms with Gasteiger partial charge >= 0.3 is 5.97 Å². The SMILES string of the molecule is CCCCCOC(CCC)C(O)(OCCCCC)OCCCCC.[Ti]. The van der Waals surface area contributed by atoms with Crippen LogP contribution < -0.4 is 0 Å². The second-order valence-corrected chi connectivity index (χ2v) is 6.60. The first kappa shape index (κ1) is 27.8. The Balaban J connectivity index is 0. The first-order chi connectivity index (χ1) is 11.6. The fourth-order valence-corrected chi connectivity index (χ4v) is 2.58. The molecule has 5 heteroatoms. The van der Waals surface area contributed by atoms with E-state index in [1.54, 1.807) is 0 Å². The third kappa shape index (κ3) is 14.3. The Labute approximate surface area is 171 Å². The maximum absolute atomic E-state index is 11.0. The predicted octanol–water partition coefficient (Wildman–Crippen LogP) is 5.42. The smallest absolute Gasteiger partial charge is 0.308 e. The maximum Gasteiger partial charge on any atom is 0.308 e. The van der Waals surface area contributed by atoms with E-state index >= 15 is 0 Å². The summed E-state index contributed by atoms with van der Waals surface area (Å²) in [6.45, 7) is 10.3. The zero-order chi connectivity index (χ0) is 18.1. The molecule has 1 unspecified atom stereocenters. The summed E-state index contributed by atoms with van der Waals surface area (Å²) < 4.78 is 17.5. The Hall–Kier alpha value is 0.554. The Morgan fingerprint density at radius 1 is 0.680 bits per heavy atom. The van der Waals surface area contributed by atoms with Crippen LogP contribution in [0.4, 0.5) is 0 Å². The van der Waals surface area contributed by atoms with Crippen LogP contribution in [0.5, 0.6) is 0 Å². The van der Waals surface area contributed by atoms with Crippen molar-refractivity contribution in [2.75, 3.05) is 19.8 Å². The molecule has 0 aliphatic rings. The number of unbranched alkanes of at least 4 members (excludes halogenated alkanes) is 6. The normalized spacial score (nSPS) is 12.8. The molecule has 0 spiro atoms. The summed E-state index contributed by atoms with van der Waals surface area (Å²) in [7, 11) is 0. The van der Waals surface area contributed by atoms with Gasteiger partial charge in [0.2, 0.25) is 0 Å². The van der Waals surface area contributed by atoms with Crippen LogP contribution >= 0.6 is 0 Å². The molecular weight excluding hydrogens is 352 g/mol. The summed E-state index contributed by atoms with van der Waals surface area (Å²) in [5, 5.41) is 11.0. The minimum Gasteiger partial charge on any atom is -0.370 e. The van der Waals surface area contributed by atoms with Crippen molar-refractivity contribution < 1.29 is 41.0 Å². The number of rotatable bonds is 18. The minimum atomic E-state index is -1.61. The first-order valence-corrected chi connectivity index (χ1v) is 10.3. The summed E-state index contributed by atoms with van der Waals surface area (Å²) >= 11 is 0. The Morgan fingerprint density at radius 2 is 1.12 bits per heavy atom. The molecule has 0 bridgehead atoms. The van der Waals surface area contributed by atoms with Gasteiger partial charge in [-0.2, -0.15) is 0 Å². The number of hydrogen-bond donors (Lipinski definition) is 1. The van der Waals surface area contributed by atoms with E-state index in [9.17, 15) is 5.11 Å². The molecule has 0 fully saturated rings. The van der Waals surface area contributed by atoms with Gasteiger partial charge in [-0.3, -0.25) is 0 Å². The monoisotopic (exact) mass is 394 g/mol. The second kappa shape index (κ2) is 19.3. The molecule has 1 atom stereocenters. The number of ether oxygens (including phenoxy) is 3. The maximum atomic E-state index is 11.0. The van der Waals surface area contributed by atoms with E-state index < -0.39 is 12.1 Å². The van der Waals surface area contributed by atoms with Gasteiger partial charge in [-0.25, -0.2) is 0 Å². The first-order valence-electron chi connectivity index (χ1n) is 10.3. The molecule has 0 aromatic carbocycles. The van der Waals surface area contributed by atoms with Gasteiger partial charge in [-0.15, -0.1) is 0 Å². The average molecular weight is 394 g/mol. The molecule has 25 heavy (non-hydrogen) atoms. The zero-order valence-corrected chi connectivity index (χ0v) is 18.7. The van der Waals surface area contributed by atoms with E-state index in [0.29, 0.717) is 19.8 Å². The third-order valence-electron chi connectivity index (χ3n) is 4.14. The summed E-state index contributed by atoms with van der Waals surface area (Å²) in [4.78, 5) is 0. The Morgan fingerprint density at radius 3 is 1.52 bits per heavy atom. The van der Waals surface area contributed by atoms with E-state index in [4.69, 9.17) is 14.2 Å². The van der Waals surface area contributed by atoms with E-state index in [2.05, 4.69) is 27.7 Å². The standard InChI is InChI=1S/C20H42O4.Ti/c1-5-9-12-16-22-19(15-8-4)20(21,23-17-13-10-6-2)24-18-14-11-7-3;/h19,21H,5-18H2,1-4H3;. The van der Waals surface area contributed by atoms with Crippen LogP contribution in [0.1, 0.15) is 98.3 Å². The quantitative estimate of drug-likeness (QED) is 0.192. The van der Waals surface area contributed by atoms with Crippen molar-refractivity contribution in [1.82, 2.24) is 0 Å². The van der Waals surface area contributed by atoms with Crippen molar-refractivity contribution in [2.24, 2.45) is 0 Å². The molecule has 0 aromatic rings. The van der Waals surface area contributed by atoms with Gasteiger partial charge in [0.25, 0.3) is 0 Å². The van der Waals surface area contributed by atoms with Gasteiger partial charge in [0.1, 0.15) is 6.10 Å². The fourth-order valence-electron chi connectivity index (χ4n) is 2.58. The molecule has 0 aliphatic carbocycles. The molecule has 0 amide bonds. The van der Waals surface area contributed by atoms with Crippen molar-refractivity contribution >= 4 is 0 Å². The molecule has 0 saturated carbocycles. The minimum absolute atomic E-state index is 0. The third-order valence-corrected chi connectivity index (χ3v) is 4.14. The predicted molar refractivity (Wildman–Crippen MR) is 100 cm³/mol.